The molecule has 0 bridgehead atoms. The van der Waals surface area contributed by atoms with Crippen LogP contribution in [0.3, 0.4) is 0 Å². The molecular weight excluding hydrogens is 440 g/mol. The van der Waals surface area contributed by atoms with Crippen molar-refractivity contribution in [1.82, 2.24) is 4.90 Å². The number of esters is 1. The van der Waals surface area contributed by atoms with E-state index in [1.54, 1.807) is 18.2 Å². The summed E-state index contributed by atoms with van der Waals surface area (Å²) in [5.41, 5.74) is 0.665. The Hall–Kier alpha value is -3.88. The lowest BCUT2D eigenvalue weighted by Gasteiger charge is -2.33. The Morgan fingerprint density at radius 3 is 2.26 bits per heavy atom. The number of methoxy groups -OCH3 is 2. The average Bonchev–Trinajstić information content (AvgIpc) is 3.11. The third-order valence-corrected chi connectivity index (χ3v) is 5.75. The van der Waals surface area contributed by atoms with Gasteiger partial charge in [-0.3, -0.25) is 19.2 Å². The molecule has 0 radical (unpaired) electrons. The molecule has 9 nitrogen and oxygen atoms in total. The van der Waals surface area contributed by atoms with E-state index in [9.17, 15) is 19.2 Å². The van der Waals surface area contributed by atoms with Gasteiger partial charge in [-0.1, -0.05) is 6.92 Å². The summed E-state index contributed by atoms with van der Waals surface area (Å²) in [6.07, 6.45) is 0.460. The molecule has 3 amide bonds. The molecule has 0 saturated carbocycles. The van der Waals surface area contributed by atoms with Crippen LogP contribution in [0, 0.1) is 0 Å². The van der Waals surface area contributed by atoms with Crippen LogP contribution in [0.15, 0.2) is 42.5 Å². The third kappa shape index (κ3) is 4.88. The van der Waals surface area contributed by atoms with Gasteiger partial charge in [0.2, 0.25) is 5.91 Å². The molecule has 9 heteroatoms. The van der Waals surface area contributed by atoms with Gasteiger partial charge in [-0.15, -0.1) is 0 Å². The SMILES string of the molecule is CCC(C)N(C(=O)c1ccc(OC)c(OC)c1)C1CC(=O)N(c2ccc(OC(C)=O)cc2)C1=O. The quantitative estimate of drug-likeness (QED) is 0.333. The molecule has 2 aromatic carbocycles. The molecule has 1 saturated heterocycles. The molecule has 2 atom stereocenters. The highest BCUT2D eigenvalue weighted by molar-refractivity contribution is 6.23. The zero-order valence-electron chi connectivity index (χ0n) is 19.9. The smallest absolute Gasteiger partial charge is 0.308 e. The predicted molar refractivity (Wildman–Crippen MR) is 124 cm³/mol. The van der Waals surface area contributed by atoms with Gasteiger partial charge in [0.05, 0.1) is 26.3 Å². The number of nitrogens with zero attached hydrogens (tertiary/aromatic N) is 2. The molecule has 0 N–H and O–H groups in total. The Morgan fingerprint density at radius 1 is 1.06 bits per heavy atom. The van der Waals surface area contributed by atoms with E-state index in [2.05, 4.69) is 0 Å². The van der Waals surface area contributed by atoms with Crippen molar-refractivity contribution in [2.75, 3.05) is 19.1 Å². The minimum Gasteiger partial charge on any atom is -0.493 e. The van der Waals surface area contributed by atoms with Gasteiger partial charge < -0.3 is 19.1 Å². The summed E-state index contributed by atoms with van der Waals surface area (Å²) in [7, 11) is 2.98. The summed E-state index contributed by atoms with van der Waals surface area (Å²) >= 11 is 0. The Balaban J connectivity index is 1.92. The monoisotopic (exact) mass is 468 g/mol. The topological polar surface area (TPSA) is 102 Å². The fraction of sp³-hybridized carbons (Fsp3) is 0.360. The minimum absolute atomic E-state index is 0.131. The van der Waals surface area contributed by atoms with Crippen molar-refractivity contribution in [2.24, 2.45) is 0 Å². The van der Waals surface area contributed by atoms with Crippen LogP contribution in [0.5, 0.6) is 17.2 Å². The highest BCUT2D eigenvalue weighted by Gasteiger charge is 2.45. The number of imide groups is 1. The Labute approximate surface area is 198 Å². The second-order valence-electron chi connectivity index (χ2n) is 7.91. The Bertz CT molecular complexity index is 1100. The van der Waals surface area contributed by atoms with Crippen molar-refractivity contribution >= 4 is 29.4 Å². The molecule has 1 aliphatic rings. The second-order valence-corrected chi connectivity index (χ2v) is 7.91. The first-order valence-electron chi connectivity index (χ1n) is 10.9. The van der Waals surface area contributed by atoms with E-state index in [0.717, 1.165) is 4.90 Å². The number of rotatable bonds is 8. The normalized spacial score (nSPS) is 16.3. The van der Waals surface area contributed by atoms with Gasteiger partial charge in [-0.25, -0.2) is 4.90 Å². The number of hydrogen-bond donors (Lipinski definition) is 0. The van der Waals surface area contributed by atoms with Gasteiger partial charge in [0.25, 0.3) is 11.8 Å². The maximum absolute atomic E-state index is 13.5. The molecule has 2 unspecified atom stereocenters. The number of benzene rings is 2. The maximum Gasteiger partial charge on any atom is 0.308 e. The maximum atomic E-state index is 13.5. The van der Waals surface area contributed by atoms with Crippen molar-refractivity contribution in [1.29, 1.82) is 0 Å². The van der Waals surface area contributed by atoms with E-state index in [4.69, 9.17) is 14.2 Å². The van der Waals surface area contributed by atoms with Gasteiger partial charge in [-0.2, -0.15) is 0 Å². The van der Waals surface area contributed by atoms with E-state index in [1.165, 1.54) is 50.3 Å². The first-order valence-corrected chi connectivity index (χ1v) is 10.9. The van der Waals surface area contributed by atoms with Gasteiger partial charge >= 0.3 is 5.97 Å². The van der Waals surface area contributed by atoms with Crippen molar-refractivity contribution < 1.29 is 33.4 Å². The second kappa shape index (κ2) is 10.4. The number of hydrogen-bond acceptors (Lipinski definition) is 7. The first kappa shape index (κ1) is 24.8. The molecule has 3 rings (SSSR count). The van der Waals surface area contributed by atoms with E-state index in [-0.39, 0.29) is 18.4 Å². The fourth-order valence-electron chi connectivity index (χ4n) is 3.90. The fourth-order valence-corrected chi connectivity index (χ4v) is 3.90. The standard InChI is InChI=1S/C25H28N2O7/c1-6-15(2)26(24(30)17-7-12-21(32-4)22(13-17)33-5)20-14-23(29)27(25(20)31)18-8-10-19(11-9-18)34-16(3)28/h7-13,15,20H,6,14H2,1-5H3. The molecule has 2 aromatic rings. The molecular formula is C25H28N2O7. The molecule has 180 valence electrons. The Kier molecular flexibility index (Phi) is 7.55. The molecule has 34 heavy (non-hydrogen) atoms. The van der Waals surface area contributed by atoms with Crippen LogP contribution in [-0.4, -0.2) is 54.9 Å². The van der Waals surface area contributed by atoms with Crippen molar-refractivity contribution in [3.05, 3.63) is 48.0 Å². The molecule has 0 spiro atoms. The van der Waals surface area contributed by atoms with Crippen LogP contribution in [0.25, 0.3) is 0 Å². The Morgan fingerprint density at radius 2 is 1.71 bits per heavy atom. The zero-order chi connectivity index (χ0) is 25.0. The van der Waals surface area contributed by atoms with Crippen LogP contribution < -0.4 is 19.1 Å². The number of ether oxygens (including phenoxy) is 3. The largest absolute Gasteiger partial charge is 0.493 e. The van der Waals surface area contributed by atoms with Crippen LogP contribution in [0.4, 0.5) is 5.69 Å². The third-order valence-electron chi connectivity index (χ3n) is 5.75. The summed E-state index contributed by atoms with van der Waals surface area (Å²) in [4.78, 5) is 53.5. The van der Waals surface area contributed by atoms with Crippen molar-refractivity contribution in [3.63, 3.8) is 0 Å². The zero-order valence-corrected chi connectivity index (χ0v) is 19.9. The van der Waals surface area contributed by atoms with Crippen LogP contribution in [0.2, 0.25) is 0 Å². The summed E-state index contributed by atoms with van der Waals surface area (Å²) in [5.74, 6) is -0.585. The van der Waals surface area contributed by atoms with Crippen molar-refractivity contribution in [2.45, 2.75) is 45.7 Å². The summed E-state index contributed by atoms with van der Waals surface area (Å²) in [6.45, 7) is 5.03. The van der Waals surface area contributed by atoms with Gasteiger partial charge in [-0.05, 0) is 55.8 Å². The van der Waals surface area contributed by atoms with Crippen LogP contribution in [-0.2, 0) is 14.4 Å². The minimum atomic E-state index is -0.948. The highest BCUT2D eigenvalue weighted by Crippen LogP contribution is 2.32. The number of amides is 3. The number of carbonyl (C=O) groups is 4. The average molecular weight is 469 g/mol. The predicted octanol–water partition coefficient (Wildman–Crippen LogP) is 3.20. The first-order chi connectivity index (χ1) is 16.2. The van der Waals surface area contributed by atoms with E-state index in [1.807, 2.05) is 13.8 Å². The van der Waals surface area contributed by atoms with Gasteiger partial charge in [0.1, 0.15) is 11.8 Å². The molecule has 0 aliphatic carbocycles. The lowest BCUT2D eigenvalue weighted by molar-refractivity contribution is -0.132. The molecule has 1 heterocycles. The summed E-state index contributed by atoms with van der Waals surface area (Å²) in [6, 6.07) is 9.61. The van der Waals surface area contributed by atoms with Crippen molar-refractivity contribution in [3.8, 4) is 17.2 Å². The van der Waals surface area contributed by atoms with E-state index < -0.39 is 23.8 Å². The van der Waals surface area contributed by atoms with Crippen LogP contribution in [0.1, 0.15) is 44.0 Å². The summed E-state index contributed by atoms with van der Waals surface area (Å²) < 4.78 is 15.6. The number of anilines is 1. The molecule has 0 aromatic heterocycles. The van der Waals surface area contributed by atoms with Crippen LogP contribution >= 0.6 is 0 Å². The summed E-state index contributed by atoms with van der Waals surface area (Å²) in [5, 5.41) is 0. The van der Waals surface area contributed by atoms with Gasteiger partial charge in [0, 0.05) is 18.5 Å². The lowest BCUT2D eigenvalue weighted by Crippen LogP contribution is -2.49. The van der Waals surface area contributed by atoms with Gasteiger partial charge in [0.15, 0.2) is 11.5 Å². The van der Waals surface area contributed by atoms with E-state index in [0.29, 0.717) is 34.9 Å². The molecule has 1 aliphatic heterocycles. The highest BCUT2D eigenvalue weighted by atomic mass is 16.5. The lowest BCUT2D eigenvalue weighted by atomic mass is 10.1. The molecule has 1 fully saturated rings. The number of carbonyl (C=O) groups excluding carboxylic acids is 4. The van der Waals surface area contributed by atoms with E-state index >= 15 is 0 Å².